The van der Waals surface area contributed by atoms with Gasteiger partial charge in [0, 0.05) is 51.8 Å². The quantitative estimate of drug-likeness (QED) is 0.143. The third kappa shape index (κ3) is 7.55. The lowest BCUT2D eigenvalue weighted by Gasteiger charge is -2.24. The number of allylic oxidation sites excluding steroid dienone is 2. The number of ketones is 2. The van der Waals surface area contributed by atoms with Crippen molar-refractivity contribution >= 4 is 35.6 Å². The molecule has 0 spiro atoms. The lowest BCUT2D eigenvalue weighted by Crippen LogP contribution is -2.34. The van der Waals surface area contributed by atoms with Crippen LogP contribution in [0.25, 0.3) is 0 Å². The van der Waals surface area contributed by atoms with E-state index in [1.54, 1.807) is 6.92 Å². The molecule has 1 atom stereocenters. The van der Waals surface area contributed by atoms with Gasteiger partial charge in [0.2, 0.25) is 11.6 Å². The molecule has 1 unspecified atom stereocenters. The second kappa shape index (κ2) is 11.1. The SMILES string of the molecule is CC/C(OC(CC)[SiH2]O[Si](C)(C)C)=C(/C)C(=O)O.O=C1C=C(N2CC2)C(=O)C(N2CC2)=C1N1CC1. The number of rotatable bonds is 11. The largest absolute Gasteiger partial charge is 0.496 e. The van der Waals surface area contributed by atoms with Gasteiger partial charge in [-0.05, 0) is 33.0 Å². The fourth-order valence-electron chi connectivity index (χ4n) is 3.61. The number of aliphatic carboxylic acids is 1. The molecule has 1 aliphatic carbocycles. The Bertz CT molecular complexity index is 957. The van der Waals surface area contributed by atoms with Crippen LogP contribution in [0.15, 0.2) is 34.5 Å². The molecule has 4 aliphatic rings. The Labute approximate surface area is 211 Å². The Morgan fingerprint density at radius 1 is 1.03 bits per heavy atom. The zero-order valence-electron chi connectivity index (χ0n) is 21.8. The summed E-state index contributed by atoms with van der Waals surface area (Å²) in [6.07, 6.45) is 3.00. The smallest absolute Gasteiger partial charge is 0.334 e. The van der Waals surface area contributed by atoms with Crippen LogP contribution >= 0.6 is 0 Å². The Morgan fingerprint density at radius 2 is 1.57 bits per heavy atom. The lowest BCUT2D eigenvalue weighted by atomic mass is 10.0. The van der Waals surface area contributed by atoms with Crippen molar-refractivity contribution in [2.24, 2.45) is 0 Å². The van der Waals surface area contributed by atoms with Crippen LogP contribution in [-0.2, 0) is 23.2 Å². The number of carboxylic acid groups (broad SMARTS) is 1. The van der Waals surface area contributed by atoms with Crippen LogP contribution in [0, 0.1) is 0 Å². The van der Waals surface area contributed by atoms with E-state index in [1.165, 1.54) is 6.08 Å². The van der Waals surface area contributed by atoms with Crippen LogP contribution in [0.1, 0.15) is 33.6 Å². The highest BCUT2D eigenvalue weighted by Gasteiger charge is 2.43. The molecule has 0 aromatic rings. The summed E-state index contributed by atoms with van der Waals surface area (Å²) in [7, 11) is -2.27. The van der Waals surface area contributed by atoms with Gasteiger partial charge in [-0.25, -0.2) is 4.79 Å². The van der Waals surface area contributed by atoms with Crippen molar-refractivity contribution in [3.8, 4) is 0 Å². The number of Topliss-reactive ketones (excluding diaryl/α,β-unsaturated/α-hetero) is 1. The van der Waals surface area contributed by atoms with E-state index in [9.17, 15) is 14.4 Å². The molecule has 0 amide bonds. The second-order valence-electron chi connectivity index (χ2n) is 10.2. The van der Waals surface area contributed by atoms with Crippen molar-refractivity contribution in [3.63, 3.8) is 0 Å². The molecule has 0 saturated carbocycles. The highest BCUT2D eigenvalue weighted by molar-refractivity contribution is 6.74. The molecule has 3 aliphatic heterocycles. The maximum absolute atomic E-state index is 12.4. The third-order valence-electron chi connectivity index (χ3n) is 6.01. The van der Waals surface area contributed by atoms with Crippen molar-refractivity contribution in [1.82, 2.24) is 14.7 Å². The molecule has 0 radical (unpaired) electrons. The second-order valence-corrected chi connectivity index (χ2v) is 16.8. The molecule has 3 heterocycles. The minimum Gasteiger partial charge on any atom is -0.496 e. The summed E-state index contributed by atoms with van der Waals surface area (Å²) in [6, 6.07) is 0. The van der Waals surface area contributed by atoms with Crippen LogP contribution in [0.3, 0.4) is 0 Å². The fourth-order valence-corrected chi connectivity index (χ4v) is 6.86. The highest BCUT2D eigenvalue weighted by Crippen LogP contribution is 2.33. The Morgan fingerprint density at radius 3 is 2.00 bits per heavy atom. The number of nitrogens with zero attached hydrogens (tertiary/aromatic N) is 3. The van der Waals surface area contributed by atoms with Gasteiger partial charge < -0.3 is 28.7 Å². The summed E-state index contributed by atoms with van der Waals surface area (Å²) in [5.41, 5.74) is 2.26. The van der Waals surface area contributed by atoms with E-state index in [-0.39, 0.29) is 17.3 Å². The first-order valence-corrected chi connectivity index (χ1v) is 17.3. The summed E-state index contributed by atoms with van der Waals surface area (Å²) < 4.78 is 11.8. The van der Waals surface area contributed by atoms with Gasteiger partial charge in [-0.1, -0.05) is 13.8 Å². The van der Waals surface area contributed by atoms with Crippen LogP contribution in [-0.4, -0.2) is 100 Å². The number of hydrogen-bond acceptors (Lipinski definition) is 8. The summed E-state index contributed by atoms with van der Waals surface area (Å²) >= 11 is 0. The summed E-state index contributed by atoms with van der Waals surface area (Å²) in [6.45, 7) is 17.4. The number of carbonyl (C=O) groups excluding carboxylic acids is 2. The molecule has 4 rings (SSSR count). The van der Waals surface area contributed by atoms with Crippen molar-refractivity contribution in [3.05, 3.63) is 34.5 Å². The first-order chi connectivity index (χ1) is 16.5. The third-order valence-corrected chi connectivity index (χ3v) is 11.3. The van der Waals surface area contributed by atoms with Crippen molar-refractivity contribution in [2.45, 2.75) is 59.0 Å². The maximum atomic E-state index is 12.4. The van der Waals surface area contributed by atoms with Gasteiger partial charge in [0.15, 0.2) is 18.1 Å². The average Bonchev–Trinajstić information content (AvgIpc) is 3.64. The number of carboxylic acids is 1. The predicted molar refractivity (Wildman–Crippen MR) is 139 cm³/mol. The molecule has 0 aromatic heterocycles. The number of carbonyl (C=O) groups is 3. The van der Waals surface area contributed by atoms with Gasteiger partial charge >= 0.3 is 5.97 Å². The van der Waals surface area contributed by atoms with Crippen LogP contribution in [0.2, 0.25) is 19.6 Å². The lowest BCUT2D eigenvalue weighted by molar-refractivity contribution is -0.133. The fraction of sp³-hybridized carbons (Fsp3) is 0.625. The first kappa shape index (κ1) is 27.2. The van der Waals surface area contributed by atoms with E-state index < -0.39 is 24.0 Å². The number of ether oxygens (including phenoxy) is 1. The Kier molecular flexibility index (Phi) is 8.65. The van der Waals surface area contributed by atoms with Crippen molar-refractivity contribution in [2.75, 3.05) is 39.3 Å². The van der Waals surface area contributed by atoms with Gasteiger partial charge in [-0.15, -0.1) is 0 Å². The van der Waals surface area contributed by atoms with Gasteiger partial charge in [-0.2, -0.15) is 0 Å². The van der Waals surface area contributed by atoms with E-state index in [0.29, 0.717) is 34.8 Å². The molecular weight excluding hydrogens is 482 g/mol. The molecule has 0 aromatic carbocycles. The highest BCUT2D eigenvalue weighted by atomic mass is 28.4. The van der Waals surface area contributed by atoms with Crippen LogP contribution in [0.5, 0.6) is 0 Å². The minimum absolute atomic E-state index is 0.00546. The minimum atomic E-state index is -1.50. The summed E-state index contributed by atoms with van der Waals surface area (Å²) in [4.78, 5) is 41.4. The van der Waals surface area contributed by atoms with Crippen LogP contribution < -0.4 is 0 Å². The van der Waals surface area contributed by atoms with E-state index in [2.05, 4.69) is 26.6 Å². The average molecular weight is 522 g/mol. The normalized spacial score (nSPS) is 21.0. The van der Waals surface area contributed by atoms with Gasteiger partial charge in [-0.3, -0.25) is 9.59 Å². The first-order valence-electron chi connectivity index (χ1n) is 12.5. The number of hydrogen-bond donors (Lipinski definition) is 1. The van der Waals surface area contributed by atoms with E-state index in [1.807, 2.05) is 21.6 Å². The molecule has 9 nitrogen and oxygen atoms in total. The maximum Gasteiger partial charge on any atom is 0.334 e. The molecule has 194 valence electrons. The Hall–Kier alpha value is -2.38. The molecule has 11 heteroatoms. The topological polar surface area (TPSA) is 98.9 Å². The molecule has 35 heavy (non-hydrogen) atoms. The molecule has 3 saturated heterocycles. The molecular formula is C24H39N3O6Si2. The standard InChI is InChI=1S/C12H13N3O2.C12H26O4Si2/c16-9-7-8(13-1-2-13)12(17)11(15-5-6-15)10(9)14-3-4-14;1-7-10(9(3)12(13)14)15-11(8-2)17-16-18(4,5)6/h7H,1-6H2;11H,7-8,17H2,1-6H3,(H,13,14)/b;10-9+. The molecule has 3 fully saturated rings. The zero-order chi connectivity index (χ0) is 25.9. The van der Waals surface area contributed by atoms with Gasteiger partial charge in [0.1, 0.15) is 22.9 Å². The zero-order valence-corrected chi connectivity index (χ0v) is 24.3. The predicted octanol–water partition coefficient (Wildman–Crippen LogP) is 1.62. The van der Waals surface area contributed by atoms with E-state index in [0.717, 1.165) is 45.7 Å². The van der Waals surface area contributed by atoms with Gasteiger partial charge in [0.05, 0.1) is 11.3 Å². The molecule has 0 bridgehead atoms. The summed E-state index contributed by atoms with van der Waals surface area (Å²) in [5, 5.41) is 8.98. The van der Waals surface area contributed by atoms with Gasteiger partial charge in [0.25, 0.3) is 0 Å². The van der Waals surface area contributed by atoms with Crippen molar-refractivity contribution < 1.29 is 28.3 Å². The van der Waals surface area contributed by atoms with E-state index >= 15 is 0 Å². The molecule has 1 N–H and O–H groups in total. The van der Waals surface area contributed by atoms with Crippen LogP contribution in [0.4, 0.5) is 0 Å². The Balaban J connectivity index is 0.000000195. The summed E-state index contributed by atoms with van der Waals surface area (Å²) in [5.74, 6) is -0.275. The van der Waals surface area contributed by atoms with Crippen molar-refractivity contribution in [1.29, 1.82) is 0 Å². The monoisotopic (exact) mass is 521 g/mol. The van der Waals surface area contributed by atoms with E-state index in [4.69, 9.17) is 14.0 Å².